The molecule has 3 amide bonds. The lowest BCUT2D eigenvalue weighted by Gasteiger charge is -2.31. The summed E-state index contributed by atoms with van der Waals surface area (Å²) in [4.78, 5) is 36.4. The smallest absolute Gasteiger partial charge is 0.246 e. The summed E-state index contributed by atoms with van der Waals surface area (Å²) in [5, 5.41) is 8.37. The van der Waals surface area contributed by atoms with E-state index >= 15 is 0 Å². The maximum atomic E-state index is 12.5. The summed E-state index contributed by atoms with van der Waals surface area (Å²) in [5.74, 6) is -0.545. The molecule has 1 saturated heterocycles. The molecule has 23 heavy (non-hydrogen) atoms. The molecule has 1 rings (SSSR count). The lowest BCUT2D eigenvalue weighted by atomic mass is 9.91. The fourth-order valence-electron chi connectivity index (χ4n) is 2.87. The van der Waals surface area contributed by atoms with Gasteiger partial charge in [0.2, 0.25) is 17.7 Å². The fraction of sp³-hybridized carbons (Fsp3) is 0.824. The number of hydrogen-bond acceptors (Lipinski definition) is 3. The SMILES string of the molecule is CCC1(CC)NC(=O)CCCCCCCCNC(=O)CNC1=O. The van der Waals surface area contributed by atoms with E-state index < -0.39 is 5.54 Å². The van der Waals surface area contributed by atoms with Gasteiger partial charge in [-0.25, -0.2) is 0 Å². The summed E-state index contributed by atoms with van der Waals surface area (Å²) in [6, 6.07) is 0. The molecule has 0 spiro atoms. The van der Waals surface area contributed by atoms with E-state index in [9.17, 15) is 14.4 Å². The quantitative estimate of drug-likeness (QED) is 0.721. The third kappa shape index (κ3) is 6.59. The molecule has 1 aliphatic heterocycles. The maximum Gasteiger partial charge on any atom is 0.246 e. The number of rotatable bonds is 2. The molecule has 0 aromatic carbocycles. The number of hydrogen-bond donors (Lipinski definition) is 3. The van der Waals surface area contributed by atoms with Crippen molar-refractivity contribution in [3.8, 4) is 0 Å². The third-order valence-corrected chi connectivity index (χ3v) is 4.58. The van der Waals surface area contributed by atoms with Crippen molar-refractivity contribution in [2.24, 2.45) is 0 Å². The van der Waals surface area contributed by atoms with Crippen LogP contribution < -0.4 is 16.0 Å². The van der Waals surface area contributed by atoms with E-state index in [0.717, 1.165) is 38.5 Å². The monoisotopic (exact) mass is 325 g/mol. The molecule has 0 aromatic heterocycles. The Balaban J connectivity index is 2.73. The largest absolute Gasteiger partial charge is 0.355 e. The fourth-order valence-corrected chi connectivity index (χ4v) is 2.87. The number of nitrogens with one attached hydrogen (secondary N) is 3. The second-order valence-corrected chi connectivity index (χ2v) is 6.24. The Morgan fingerprint density at radius 2 is 1.43 bits per heavy atom. The minimum atomic E-state index is -0.922. The first-order chi connectivity index (χ1) is 11.0. The molecule has 0 aromatic rings. The molecule has 1 heterocycles. The van der Waals surface area contributed by atoms with Crippen molar-refractivity contribution in [2.45, 2.75) is 77.2 Å². The third-order valence-electron chi connectivity index (χ3n) is 4.58. The van der Waals surface area contributed by atoms with E-state index in [1.807, 2.05) is 13.8 Å². The summed E-state index contributed by atoms with van der Waals surface area (Å²) in [7, 11) is 0. The molecular weight excluding hydrogens is 294 g/mol. The zero-order valence-corrected chi connectivity index (χ0v) is 14.5. The average molecular weight is 325 g/mol. The summed E-state index contributed by atoms with van der Waals surface area (Å²) >= 11 is 0. The number of carbonyl (C=O) groups excluding carboxylic acids is 3. The van der Waals surface area contributed by atoms with Gasteiger partial charge in [-0.1, -0.05) is 39.5 Å². The summed E-state index contributed by atoms with van der Waals surface area (Å²) in [6.07, 6.45) is 7.60. The Hall–Kier alpha value is -1.59. The molecule has 0 radical (unpaired) electrons. The van der Waals surface area contributed by atoms with Crippen LogP contribution in [0, 0.1) is 0 Å². The van der Waals surface area contributed by atoms with Gasteiger partial charge in [-0.2, -0.15) is 0 Å². The lowest BCUT2D eigenvalue weighted by Crippen LogP contribution is -2.59. The average Bonchev–Trinajstić information content (AvgIpc) is 2.55. The van der Waals surface area contributed by atoms with Crippen LogP contribution in [0.1, 0.15) is 71.6 Å². The Morgan fingerprint density at radius 1 is 0.826 bits per heavy atom. The molecule has 6 nitrogen and oxygen atoms in total. The molecule has 3 N–H and O–H groups in total. The highest BCUT2D eigenvalue weighted by Gasteiger charge is 2.36. The van der Waals surface area contributed by atoms with Gasteiger partial charge in [0.25, 0.3) is 0 Å². The van der Waals surface area contributed by atoms with E-state index in [2.05, 4.69) is 16.0 Å². The van der Waals surface area contributed by atoms with Crippen molar-refractivity contribution < 1.29 is 14.4 Å². The maximum absolute atomic E-state index is 12.5. The minimum Gasteiger partial charge on any atom is -0.355 e. The van der Waals surface area contributed by atoms with Gasteiger partial charge in [-0.15, -0.1) is 0 Å². The van der Waals surface area contributed by atoms with Gasteiger partial charge >= 0.3 is 0 Å². The molecule has 0 aliphatic carbocycles. The van der Waals surface area contributed by atoms with Gasteiger partial charge < -0.3 is 16.0 Å². The summed E-state index contributed by atoms with van der Waals surface area (Å²) < 4.78 is 0. The van der Waals surface area contributed by atoms with E-state index in [1.165, 1.54) is 0 Å². The molecule has 0 unspecified atom stereocenters. The standard InChI is InChI=1S/C17H31N3O3/c1-3-17(4-2)16(23)19-13-15(22)18-12-10-8-6-5-7-9-11-14(21)20-17/h3-13H2,1-2H3,(H,18,22)(H,19,23)(H,20,21). The van der Waals surface area contributed by atoms with Crippen molar-refractivity contribution in [3.63, 3.8) is 0 Å². The summed E-state index contributed by atoms with van der Waals surface area (Å²) in [6.45, 7) is 4.36. The molecule has 0 atom stereocenters. The zero-order chi connectivity index (χ0) is 17.1. The van der Waals surface area contributed by atoms with Crippen molar-refractivity contribution in [1.29, 1.82) is 0 Å². The second kappa shape index (κ2) is 10.2. The molecule has 1 fully saturated rings. The van der Waals surface area contributed by atoms with Gasteiger partial charge in [0.05, 0.1) is 6.54 Å². The highest BCUT2D eigenvalue weighted by molar-refractivity contribution is 5.93. The molecule has 132 valence electrons. The van der Waals surface area contributed by atoms with Crippen molar-refractivity contribution in [3.05, 3.63) is 0 Å². The zero-order valence-electron chi connectivity index (χ0n) is 14.5. The van der Waals surface area contributed by atoms with Gasteiger partial charge in [0.1, 0.15) is 5.54 Å². The predicted molar refractivity (Wildman–Crippen MR) is 89.8 cm³/mol. The van der Waals surface area contributed by atoms with Crippen LogP contribution in [0.15, 0.2) is 0 Å². The van der Waals surface area contributed by atoms with Gasteiger partial charge in [-0.05, 0) is 25.7 Å². The van der Waals surface area contributed by atoms with Crippen LogP contribution in [0.25, 0.3) is 0 Å². The van der Waals surface area contributed by atoms with Crippen LogP contribution in [0.3, 0.4) is 0 Å². The van der Waals surface area contributed by atoms with E-state index in [4.69, 9.17) is 0 Å². The molecule has 6 heteroatoms. The number of carbonyl (C=O) groups is 3. The van der Waals surface area contributed by atoms with Crippen LogP contribution in [0.4, 0.5) is 0 Å². The second-order valence-electron chi connectivity index (χ2n) is 6.24. The van der Waals surface area contributed by atoms with Gasteiger partial charge in [-0.3, -0.25) is 14.4 Å². The predicted octanol–water partition coefficient (Wildman–Crippen LogP) is 1.64. The minimum absolute atomic E-state index is 0.0452. The Morgan fingerprint density at radius 3 is 2.09 bits per heavy atom. The highest BCUT2D eigenvalue weighted by Crippen LogP contribution is 2.16. The first-order valence-corrected chi connectivity index (χ1v) is 8.90. The van der Waals surface area contributed by atoms with Crippen LogP contribution in [-0.2, 0) is 14.4 Å². The van der Waals surface area contributed by atoms with E-state index in [-0.39, 0.29) is 24.3 Å². The Labute approximate surface area is 139 Å². The Kier molecular flexibility index (Phi) is 8.66. The van der Waals surface area contributed by atoms with Crippen LogP contribution >= 0.6 is 0 Å². The summed E-state index contributed by atoms with van der Waals surface area (Å²) in [5.41, 5.74) is -0.922. The molecule has 0 saturated carbocycles. The molecule has 0 bridgehead atoms. The van der Waals surface area contributed by atoms with Crippen LogP contribution in [0.5, 0.6) is 0 Å². The first-order valence-electron chi connectivity index (χ1n) is 8.90. The van der Waals surface area contributed by atoms with Crippen molar-refractivity contribution in [2.75, 3.05) is 13.1 Å². The topological polar surface area (TPSA) is 87.3 Å². The van der Waals surface area contributed by atoms with Crippen molar-refractivity contribution >= 4 is 17.7 Å². The molecular formula is C17H31N3O3. The first kappa shape index (κ1) is 19.5. The highest BCUT2D eigenvalue weighted by atomic mass is 16.2. The van der Waals surface area contributed by atoms with Crippen molar-refractivity contribution in [1.82, 2.24) is 16.0 Å². The normalized spacial score (nSPS) is 21.9. The van der Waals surface area contributed by atoms with E-state index in [1.54, 1.807) is 0 Å². The van der Waals surface area contributed by atoms with Crippen LogP contribution in [0.2, 0.25) is 0 Å². The number of amides is 3. The van der Waals surface area contributed by atoms with Crippen LogP contribution in [-0.4, -0.2) is 36.3 Å². The molecule has 1 aliphatic rings. The van der Waals surface area contributed by atoms with Gasteiger partial charge in [0, 0.05) is 13.0 Å². The van der Waals surface area contributed by atoms with Gasteiger partial charge in [0.15, 0.2) is 0 Å². The Bertz CT molecular complexity index is 406. The van der Waals surface area contributed by atoms with E-state index in [0.29, 0.717) is 25.8 Å². The lowest BCUT2D eigenvalue weighted by molar-refractivity contribution is -0.135.